The molecule has 0 aliphatic rings. The number of anilines is 2. The first-order valence-corrected chi connectivity index (χ1v) is 9.05. The molecule has 2 N–H and O–H groups in total. The van der Waals surface area contributed by atoms with Crippen LogP contribution >= 0.6 is 0 Å². The first-order chi connectivity index (χ1) is 14.1. The highest BCUT2D eigenvalue weighted by molar-refractivity contribution is 5.95. The van der Waals surface area contributed by atoms with Crippen LogP contribution in [0.2, 0.25) is 0 Å². The average Bonchev–Trinajstić information content (AvgIpc) is 2.67. The molecule has 0 aromatic heterocycles. The molecule has 0 saturated heterocycles. The van der Waals surface area contributed by atoms with Gasteiger partial charge >= 0.3 is 12.1 Å². The molecule has 0 radical (unpaired) electrons. The second-order valence-electron chi connectivity index (χ2n) is 6.62. The first-order valence-electron chi connectivity index (χ1n) is 9.05. The Morgan fingerprint density at radius 2 is 1.57 bits per heavy atom. The van der Waals surface area contributed by atoms with E-state index in [0.717, 1.165) is 23.3 Å². The molecule has 2 rings (SSSR count). The van der Waals surface area contributed by atoms with Crippen LogP contribution in [0.1, 0.15) is 29.5 Å². The van der Waals surface area contributed by atoms with Crippen LogP contribution in [0.25, 0.3) is 0 Å². The summed E-state index contributed by atoms with van der Waals surface area (Å²) in [5.74, 6) is -2.13. The number of rotatable bonds is 7. The highest BCUT2D eigenvalue weighted by Crippen LogP contribution is 2.34. The van der Waals surface area contributed by atoms with E-state index in [-0.39, 0.29) is 12.8 Å². The van der Waals surface area contributed by atoms with Crippen molar-refractivity contribution in [2.24, 2.45) is 0 Å². The van der Waals surface area contributed by atoms with Gasteiger partial charge in [-0.1, -0.05) is 24.3 Å². The van der Waals surface area contributed by atoms with Crippen molar-refractivity contribution in [2.75, 3.05) is 17.2 Å². The van der Waals surface area contributed by atoms with Crippen LogP contribution in [0.15, 0.2) is 42.5 Å². The number of hydrogen-bond acceptors (Lipinski definition) is 4. The van der Waals surface area contributed by atoms with Crippen molar-refractivity contribution in [3.05, 3.63) is 59.2 Å². The van der Waals surface area contributed by atoms with E-state index in [2.05, 4.69) is 10.6 Å². The van der Waals surface area contributed by atoms with E-state index in [9.17, 15) is 27.6 Å². The molecule has 0 fully saturated rings. The maximum Gasteiger partial charge on any atom is 0.418 e. The zero-order valence-electron chi connectivity index (χ0n) is 16.4. The number of halogens is 3. The Hall–Kier alpha value is -3.36. The van der Waals surface area contributed by atoms with Gasteiger partial charge < -0.3 is 15.4 Å². The molecule has 2 amide bonds. The number of aryl methyl sites for hydroxylation is 2. The van der Waals surface area contributed by atoms with Crippen molar-refractivity contribution >= 4 is 29.2 Å². The van der Waals surface area contributed by atoms with Crippen molar-refractivity contribution in [1.29, 1.82) is 0 Å². The second kappa shape index (κ2) is 9.91. The number of hydrogen-bond donors (Lipinski definition) is 2. The zero-order valence-corrected chi connectivity index (χ0v) is 16.4. The first kappa shape index (κ1) is 22.9. The number of para-hydroxylation sites is 1. The van der Waals surface area contributed by atoms with E-state index in [1.807, 2.05) is 26.0 Å². The number of carbonyl (C=O) groups excluding carboxylic acids is 3. The van der Waals surface area contributed by atoms with Crippen molar-refractivity contribution in [3.8, 4) is 0 Å². The van der Waals surface area contributed by atoms with E-state index in [4.69, 9.17) is 4.74 Å². The van der Waals surface area contributed by atoms with Crippen LogP contribution in [-0.2, 0) is 25.3 Å². The van der Waals surface area contributed by atoms with E-state index in [1.165, 1.54) is 12.1 Å². The summed E-state index contributed by atoms with van der Waals surface area (Å²) < 4.78 is 43.5. The number of benzene rings is 2. The van der Waals surface area contributed by atoms with Crippen molar-refractivity contribution < 1.29 is 32.3 Å². The van der Waals surface area contributed by atoms with Crippen LogP contribution in [-0.4, -0.2) is 24.4 Å². The van der Waals surface area contributed by atoms with Gasteiger partial charge in [0, 0.05) is 12.1 Å². The summed E-state index contributed by atoms with van der Waals surface area (Å²) in [4.78, 5) is 35.5. The van der Waals surface area contributed by atoms with Gasteiger partial charge in [-0.2, -0.15) is 13.2 Å². The Morgan fingerprint density at radius 3 is 2.27 bits per heavy atom. The molecule has 0 aliphatic heterocycles. The Morgan fingerprint density at radius 1 is 0.900 bits per heavy atom. The number of ether oxygens (including phenoxy) is 1. The highest BCUT2D eigenvalue weighted by Gasteiger charge is 2.33. The molecule has 0 aliphatic carbocycles. The van der Waals surface area contributed by atoms with Crippen LogP contribution < -0.4 is 10.6 Å². The lowest BCUT2D eigenvalue weighted by Gasteiger charge is -2.13. The fourth-order valence-corrected chi connectivity index (χ4v) is 2.54. The van der Waals surface area contributed by atoms with Gasteiger partial charge in [-0.15, -0.1) is 0 Å². The van der Waals surface area contributed by atoms with E-state index in [1.54, 1.807) is 6.07 Å². The van der Waals surface area contributed by atoms with E-state index < -0.39 is 41.8 Å². The summed E-state index contributed by atoms with van der Waals surface area (Å²) in [6, 6.07) is 10.0. The van der Waals surface area contributed by atoms with Gasteiger partial charge in [-0.25, -0.2) is 0 Å². The fourth-order valence-electron chi connectivity index (χ4n) is 2.54. The number of carbonyl (C=O) groups is 3. The SMILES string of the molecule is Cc1ccc(C)c(NC(=O)CCC(=O)OCC(=O)Nc2ccccc2C(F)(F)F)c1. The number of alkyl halides is 3. The third-order valence-electron chi connectivity index (χ3n) is 4.09. The lowest BCUT2D eigenvalue weighted by molar-refractivity contribution is -0.148. The van der Waals surface area contributed by atoms with Crippen LogP contribution in [0.4, 0.5) is 24.5 Å². The van der Waals surface area contributed by atoms with Gasteiger partial charge in [0.1, 0.15) is 0 Å². The molecule has 160 valence electrons. The maximum absolute atomic E-state index is 12.9. The maximum atomic E-state index is 12.9. The Balaban J connectivity index is 1.79. The lowest BCUT2D eigenvalue weighted by atomic mass is 10.1. The summed E-state index contributed by atoms with van der Waals surface area (Å²) in [6.07, 6.45) is -5.07. The topological polar surface area (TPSA) is 84.5 Å². The number of nitrogens with one attached hydrogen (secondary N) is 2. The summed E-state index contributed by atoms with van der Waals surface area (Å²) in [5, 5.41) is 4.76. The van der Waals surface area contributed by atoms with Gasteiger partial charge in [-0.05, 0) is 43.2 Å². The van der Waals surface area contributed by atoms with E-state index in [0.29, 0.717) is 5.69 Å². The minimum absolute atomic E-state index is 0.162. The molecule has 6 nitrogen and oxygen atoms in total. The van der Waals surface area contributed by atoms with Gasteiger partial charge in [-0.3, -0.25) is 14.4 Å². The van der Waals surface area contributed by atoms with Crippen LogP contribution in [0.5, 0.6) is 0 Å². The molecule has 0 unspecified atom stereocenters. The molecule has 2 aromatic rings. The predicted molar refractivity (Wildman–Crippen MR) is 105 cm³/mol. The van der Waals surface area contributed by atoms with Gasteiger partial charge in [0.15, 0.2) is 6.61 Å². The average molecular weight is 422 g/mol. The molecular formula is C21H21F3N2O4. The molecule has 2 aromatic carbocycles. The van der Waals surface area contributed by atoms with E-state index >= 15 is 0 Å². The zero-order chi connectivity index (χ0) is 22.3. The van der Waals surface area contributed by atoms with Crippen molar-refractivity contribution in [1.82, 2.24) is 0 Å². The molecule has 0 spiro atoms. The Kier molecular flexibility index (Phi) is 7.57. The smallest absolute Gasteiger partial charge is 0.418 e. The molecule has 0 saturated carbocycles. The standard InChI is InChI=1S/C21H21F3N2O4/c1-13-7-8-14(2)17(11-13)26-18(27)9-10-20(29)30-12-19(28)25-16-6-4-3-5-15(16)21(22,23)24/h3-8,11H,9-10,12H2,1-2H3,(H,25,28)(H,26,27). The molecule has 0 heterocycles. The minimum atomic E-state index is -4.64. The predicted octanol–water partition coefficient (Wildman–Crippen LogP) is 4.22. The molecule has 0 bridgehead atoms. The van der Waals surface area contributed by atoms with Crippen molar-refractivity contribution in [3.63, 3.8) is 0 Å². The molecule has 0 atom stereocenters. The van der Waals surface area contributed by atoms with Crippen molar-refractivity contribution in [2.45, 2.75) is 32.9 Å². The highest BCUT2D eigenvalue weighted by atomic mass is 19.4. The summed E-state index contributed by atoms with van der Waals surface area (Å²) in [5.41, 5.74) is 1.03. The van der Waals surface area contributed by atoms with Crippen LogP contribution in [0.3, 0.4) is 0 Å². The second-order valence-corrected chi connectivity index (χ2v) is 6.62. The summed E-state index contributed by atoms with van der Waals surface area (Å²) in [6.45, 7) is 2.95. The third kappa shape index (κ3) is 6.91. The van der Waals surface area contributed by atoms with Gasteiger partial charge in [0.05, 0.1) is 17.7 Å². The molecular weight excluding hydrogens is 401 g/mol. The Bertz CT molecular complexity index is 942. The summed E-state index contributed by atoms with van der Waals surface area (Å²) >= 11 is 0. The fraction of sp³-hybridized carbons (Fsp3) is 0.286. The normalized spacial score (nSPS) is 11.0. The minimum Gasteiger partial charge on any atom is -0.456 e. The van der Waals surface area contributed by atoms with Gasteiger partial charge in [0.2, 0.25) is 5.91 Å². The quantitative estimate of drug-likeness (QED) is 0.655. The van der Waals surface area contributed by atoms with Crippen LogP contribution in [0, 0.1) is 13.8 Å². The largest absolute Gasteiger partial charge is 0.456 e. The van der Waals surface area contributed by atoms with Gasteiger partial charge in [0.25, 0.3) is 5.91 Å². The Labute approximate surface area is 171 Å². The summed E-state index contributed by atoms with van der Waals surface area (Å²) in [7, 11) is 0. The molecule has 9 heteroatoms. The monoisotopic (exact) mass is 422 g/mol. The lowest BCUT2D eigenvalue weighted by Crippen LogP contribution is -2.23. The third-order valence-corrected chi connectivity index (χ3v) is 4.09. The number of amides is 2. The molecule has 30 heavy (non-hydrogen) atoms. The number of esters is 1.